The molecule has 0 fully saturated rings. The fourth-order valence-corrected chi connectivity index (χ4v) is 15.2. The third kappa shape index (κ3) is 3.90. The summed E-state index contributed by atoms with van der Waals surface area (Å²) in [5, 5.41) is 0. The van der Waals surface area contributed by atoms with E-state index in [0.717, 1.165) is 0 Å². The van der Waals surface area contributed by atoms with Gasteiger partial charge in [-0.1, -0.05) is 60.1 Å². The van der Waals surface area contributed by atoms with Crippen LogP contribution < -0.4 is 4.23 Å². The Morgan fingerprint density at radius 1 is 0.952 bits per heavy atom. The molecule has 0 aliphatic carbocycles. The van der Waals surface area contributed by atoms with Gasteiger partial charge in [-0.3, -0.25) is 0 Å². The number of anilines is 1. The normalized spacial score (nSPS) is 13.6. The van der Waals surface area contributed by atoms with Crippen LogP contribution in [-0.2, 0) is 0 Å². The van der Waals surface area contributed by atoms with Crippen LogP contribution >= 0.6 is 0 Å². The molecule has 0 amide bonds. The molecule has 0 saturated carbocycles. The molecule has 3 nitrogen and oxygen atoms in total. The Kier molecular flexibility index (Phi) is 5.72. The van der Waals surface area contributed by atoms with Crippen LogP contribution in [0.1, 0.15) is 20.8 Å². The van der Waals surface area contributed by atoms with Gasteiger partial charge in [-0.25, -0.2) is 4.98 Å². The molecule has 1 heterocycles. The summed E-state index contributed by atoms with van der Waals surface area (Å²) < 4.78 is 5.24. The van der Waals surface area contributed by atoms with E-state index >= 15 is 0 Å². The number of aromatic nitrogens is 2. The first kappa shape index (κ1) is 18.7. The van der Waals surface area contributed by atoms with Crippen LogP contribution in [-0.4, -0.2) is 33.9 Å². The highest BCUT2D eigenvalue weighted by Gasteiger charge is 2.42. The van der Waals surface area contributed by atoms with E-state index < -0.39 is 24.7 Å². The summed E-state index contributed by atoms with van der Waals surface area (Å²) in [6, 6.07) is 3.97. The highest BCUT2D eigenvalue weighted by molar-refractivity contribution is 7.00. The van der Waals surface area contributed by atoms with Crippen molar-refractivity contribution in [3.05, 3.63) is 12.5 Å². The molecule has 0 aromatic carbocycles. The van der Waals surface area contributed by atoms with E-state index in [1.807, 2.05) is 0 Å². The van der Waals surface area contributed by atoms with E-state index in [4.69, 9.17) is 4.98 Å². The third-order valence-corrected chi connectivity index (χ3v) is 16.6. The highest BCUT2D eigenvalue weighted by atomic mass is 28.4. The topological polar surface area (TPSA) is 21.1 Å². The molecule has 1 aromatic rings. The number of rotatable bonds is 7. The van der Waals surface area contributed by atoms with Gasteiger partial charge in [0.25, 0.3) is 0 Å². The summed E-state index contributed by atoms with van der Waals surface area (Å²) in [5.74, 6) is 1.26. The van der Waals surface area contributed by atoms with Crippen molar-refractivity contribution in [2.45, 2.75) is 78.2 Å². The molecule has 1 rings (SSSR count). The van der Waals surface area contributed by atoms with Gasteiger partial charge in [0.2, 0.25) is 0 Å². The van der Waals surface area contributed by atoms with Crippen LogP contribution in [0.4, 0.5) is 5.82 Å². The van der Waals surface area contributed by atoms with Gasteiger partial charge in [0.1, 0.15) is 22.3 Å². The molecular formula is C15H35N3Si3. The Morgan fingerprint density at radius 2 is 1.43 bits per heavy atom. The first-order chi connectivity index (χ1) is 9.51. The SMILES string of the molecule is CC[Si](CC)(CC)N(c1cn([Si](C)(C)C)cn1)[Si](C)(C)C. The van der Waals surface area contributed by atoms with Gasteiger partial charge in [-0.05, 0) is 18.1 Å². The molecule has 0 bridgehead atoms. The van der Waals surface area contributed by atoms with Gasteiger partial charge >= 0.3 is 0 Å². The Hall–Kier alpha value is -0.339. The molecular weight excluding hydrogens is 306 g/mol. The predicted molar refractivity (Wildman–Crippen MR) is 104 cm³/mol. The Balaban J connectivity index is 3.37. The van der Waals surface area contributed by atoms with Crippen LogP contribution in [0.3, 0.4) is 0 Å². The Labute approximate surface area is 135 Å². The van der Waals surface area contributed by atoms with Crippen molar-refractivity contribution >= 4 is 30.5 Å². The van der Waals surface area contributed by atoms with Crippen LogP contribution in [0.2, 0.25) is 57.4 Å². The van der Waals surface area contributed by atoms with Crippen molar-refractivity contribution in [2.24, 2.45) is 0 Å². The zero-order valence-electron chi connectivity index (χ0n) is 15.6. The van der Waals surface area contributed by atoms with E-state index in [1.54, 1.807) is 0 Å². The van der Waals surface area contributed by atoms with E-state index in [9.17, 15) is 0 Å². The van der Waals surface area contributed by atoms with Crippen molar-refractivity contribution in [3.63, 3.8) is 0 Å². The molecule has 122 valence electrons. The number of imidazole rings is 1. The molecule has 1 aromatic heterocycles. The molecule has 0 N–H and O–H groups in total. The van der Waals surface area contributed by atoms with E-state index in [2.05, 4.69) is 81.0 Å². The van der Waals surface area contributed by atoms with E-state index in [1.165, 1.54) is 24.0 Å². The monoisotopic (exact) mass is 341 g/mol. The van der Waals surface area contributed by atoms with Crippen LogP contribution in [0.5, 0.6) is 0 Å². The average molecular weight is 342 g/mol. The zero-order valence-corrected chi connectivity index (χ0v) is 18.6. The summed E-state index contributed by atoms with van der Waals surface area (Å²) in [7, 11) is -4.22. The third-order valence-electron chi connectivity index (χ3n) is 4.69. The minimum absolute atomic E-state index is 1.26. The first-order valence-electron chi connectivity index (χ1n) is 8.36. The lowest BCUT2D eigenvalue weighted by molar-refractivity contribution is 1.10. The lowest BCUT2D eigenvalue weighted by Crippen LogP contribution is -2.63. The quantitative estimate of drug-likeness (QED) is 0.634. The van der Waals surface area contributed by atoms with Gasteiger partial charge in [0, 0.05) is 6.20 Å². The maximum Gasteiger partial charge on any atom is 0.154 e. The molecule has 0 radical (unpaired) electrons. The molecule has 21 heavy (non-hydrogen) atoms. The van der Waals surface area contributed by atoms with Gasteiger partial charge in [-0.2, -0.15) is 0 Å². The second-order valence-corrected chi connectivity index (χ2v) is 23.2. The van der Waals surface area contributed by atoms with Crippen molar-refractivity contribution in [3.8, 4) is 0 Å². The molecule has 0 atom stereocenters. The second kappa shape index (κ2) is 6.42. The largest absolute Gasteiger partial charge is 0.408 e. The highest BCUT2D eigenvalue weighted by Crippen LogP contribution is 2.34. The Morgan fingerprint density at radius 3 is 1.71 bits per heavy atom. The maximum atomic E-state index is 4.85. The smallest absolute Gasteiger partial charge is 0.154 e. The minimum atomic E-state index is -1.44. The summed E-state index contributed by atoms with van der Waals surface area (Å²) in [6.45, 7) is 21.7. The summed E-state index contributed by atoms with van der Waals surface area (Å²) in [4.78, 5) is 4.85. The van der Waals surface area contributed by atoms with Crippen molar-refractivity contribution in [1.82, 2.24) is 9.22 Å². The Bertz CT molecular complexity index is 445. The lowest BCUT2D eigenvalue weighted by Gasteiger charge is -2.49. The molecule has 0 unspecified atom stereocenters. The van der Waals surface area contributed by atoms with Crippen molar-refractivity contribution in [1.29, 1.82) is 0 Å². The molecule has 0 spiro atoms. The maximum absolute atomic E-state index is 4.85. The predicted octanol–water partition coefficient (Wildman–Crippen LogP) is 5.21. The fraction of sp³-hybridized carbons (Fsp3) is 0.800. The van der Waals surface area contributed by atoms with Gasteiger partial charge in [-0.15, -0.1) is 0 Å². The summed E-state index contributed by atoms with van der Waals surface area (Å²) in [5.41, 5.74) is 0. The first-order valence-corrected chi connectivity index (χ1v) is 17.8. The average Bonchev–Trinajstić information content (AvgIpc) is 2.83. The lowest BCUT2D eigenvalue weighted by atomic mass is 10.8. The van der Waals surface area contributed by atoms with E-state index in [0.29, 0.717) is 0 Å². The molecule has 6 heteroatoms. The van der Waals surface area contributed by atoms with Gasteiger partial charge in [0.15, 0.2) is 8.24 Å². The van der Waals surface area contributed by atoms with Crippen molar-refractivity contribution in [2.75, 3.05) is 4.23 Å². The summed E-state index contributed by atoms with van der Waals surface area (Å²) >= 11 is 0. The van der Waals surface area contributed by atoms with Crippen LogP contribution in [0.15, 0.2) is 12.5 Å². The molecule has 0 saturated heterocycles. The number of hydrogen-bond donors (Lipinski definition) is 0. The number of hydrogen-bond acceptors (Lipinski definition) is 2. The van der Waals surface area contributed by atoms with Gasteiger partial charge < -0.3 is 8.46 Å². The van der Waals surface area contributed by atoms with Crippen molar-refractivity contribution < 1.29 is 0 Å². The minimum Gasteiger partial charge on any atom is -0.408 e. The zero-order chi connectivity index (χ0) is 16.5. The summed E-state index contributed by atoms with van der Waals surface area (Å²) in [6.07, 6.45) is 4.42. The molecule has 0 aliphatic rings. The fourth-order valence-electron chi connectivity index (χ4n) is 3.32. The van der Waals surface area contributed by atoms with Gasteiger partial charge in [0.05, 0.1) is 6.33 Å². The molecule has 0 aliphatic heterocycles. The van der Waals surface area contributed by atoms with Crippen LogP contribution in [0, 0.1) is 0 Å². The van der Waals surface area contributed by atoms with E-state index in [-0.39, 0.29) is 0 Å². The second-order valence-electron chi connectivity index (χ2n) is 8.10. The van der Waals surface area contributed by atoms with Crippen LogP contribution in [0.25, 0.3) is 0 Å². The standard InChI is InChI=1S/C15H35N3Si3/c1-10-21(11-2,12-3)18(20(7,8)9)15-13-17(14-16-15)19(4,5)6/h13-14H,10-12H2,1-9H3. The number of nitrogens with zero attached hydrogens (tertiary/aromatic N) is 3.